The van der Waals surface area contributed by atoms with E-state index in [0.29, 0.717) is 49.0 Å². The predicted octanol–water partition coefficient (Wildman–Crippen LogP) is 5.37. The molecule has 0 bridgehead atoms. The number of thioether (sulfide) groups is 1. The summed E-state index contributed by atoms with van der Waals surface area (Å²) < 4.78 is 42.6. The number of aromatic nitrogens is 3. The molecule has 258 valence electrons. The van der Waals surface area contributed by atoms with Crippen LogP contribution in [0.4, 0.5) is 22.8 Å². The Bertz CT molecular complexity index is 1510. The van der Waals surface area contributed by atoms with E-state index in [4.69, 9.17) is 0 Å². The topological polar surface area (TPSA) is 130 Å². The van der Waals surface area contributed by atoms with E-state index < -0.39 is 6.36 Å². The summed E-state index contributed by atoms with van der Waals surface area (Å²) in [5, 5.41) is 17.4. The smallest absolute Gasteiger partial charge is 0.406 e. The number of amides is 4. The van der Waals surface area contributed by atoms with Crippen LogP contribution < -0.4 is 20.7 Å². The highest BCUT2D eigenvalue weighted by molar-refractivity contribution is 8.00. The van der Waals surface area contributed by atoms with Crippen LogP contribution in [0.5, 0.6) is 5.75 Å². The third-order valence-corrected chi connectivity index (χ3v) is 9.87. The first-order valence-electron chi connectivity index (χ1n) is 16.2. The molecule has 2 saturated heterocycles. The Morgan fingerprint density at radius 2 is 1.79 bits per heavy atom. The third-order valence-electron chi connectivity index (χ3n) is 8.36. The highest BCUT2D eigenvalue weighted by Gasteiger charge is 2.42. The van der Waals surface area contributed by atoms with Crippen molar-refractivity contribution in [2.24, 2.45) is 0 Å². The SMILES string of the molecule is O=C(CCCCC1SCC2NC(=O)NC21)NCCCCCN(CCc1ccccc1)C(=O)n1cc(-c2ccc(OC(F)(F)F)cc2)nn1. The molecule has 5 rings (SSSR count). The second-order valence-corrected chi connectivity index (χ2v) is 13.2. The van der Waals surface area contributed by atoms with Gasteiger partial charge in [-0.15, -0.1) is 18.3 Å². The molecular weight excluding hydrogens is 647 g/mol. The van der Waals surface area contributed by atoms with Gasteiger partial charge in [0.1, 0.15) is 11.4 Å². The molecule has 3 heterocycles. The van der Waals surface area contributed by atoms with Gasteiger partial charge in [-0.3, -0.25) is 4.79 Å². The fourth-order valence-corrected chi connectivity index (χ4v) is 7.41. The molecule has 2 aliphatic heterocycles. The maximum atomic E-state index is 13.5. The summed E-state index contributed by atoms with van der Waals surface area (Å²) in [6.45, 7) is 1.51. The minimum absolute atomic E-state index is 0.0342. The number of nitrogens with zero attached hydrogens (tertiary/aromatic N) is 4. The van der Waals surface area contributed by atoms with E-state index in [-0.39, 0.29) is 35.8 Å². The van der Waals surface area contributed by atoms with Crippen LogP contribution in [0.25, 0.3) is 11.3 Å². The Morgan fingerprint density at radius 3 is 2.56 bits per heavy atom. The summed E-state index contributed by atoms with van der Waals surface area (Å²) >= 11 is 1.88. The number of urea groups is 1. The van der Waals surface area contributed by atoms with Crippen LogP contribution in [0, 0.1) is 0 Å². The summed E-state index contributed by atoms with van der Waals surface area (Å²) in [6.07, 6.45) is 2.84. The quantitative estimate of drug-likeness (QED) is 0.136. The Labute approximate surface area is 281 Å². The number of unbranched alkanes of at least 4 members (excludes halogenated alkanes) is 3. The average Bonchev–Trinajstić information content (AvgIpc) is 3.79. The normalized spacial score (nSPS) is 18.6. The summed E-state index contributed by atoms with van der Waals surface area (Å²) in [4.78, 5) is 39.1. The summed E-state index contributed by atoms with van der Waals surface area (Å²) in [7, 11) is 0. The van der Waals surface area contributed by atoms with Gasteiger partial charge in [-0.05, 0) is 68.4 Å². The lowest BCUT2D eigenvalue weighted by Gasteiger charge is -2.22. The van der Waals surface area contributed by atoms with Crippen LogP contribution in [0.1, 0.15) is 50.5 Å². The molecule has 2 aliphatic rings. The van der Waals surface area contributed by atoms with Crippen LogP contribution in [0.15, 0.2) is 60.8 Å². The summed E-state index contributed by atoms with van der Waals surface area (Å²) in [5.74, 6) is 0.611. The maximum absolute atomic E-state index is 13.5. The lowest BCUT2D eigenvalue weighted by Crippen LogP contribution is -2.37. The van der Waals surface area contributed by atoms with Crippen LogP contribution in [-0.2, 0) is 11.2 Å². The fourth-order valence-electron chi connectivity index (χ4n) is 5.87. The van der Waals surface area contributed by atoms with Crippen molar-refractivity contribution in [3.8, 4) is 17.0 Å². The van der Waals surface area contributed by atoms with Gasteiger partial charge in [0.05, 0.1) is 18.3 Å². The summed E-state index contributed by atoms with van der Waals surface area (Å²) in [6, 6.07) is 15.0. The second-order valence-electron chi connectivity index (χ2n) is 11.9. The molecule has 3 aromatic rings. The van der Waals surface area contributed by atoms with E-state index in [1.807, 2.05) is 42.1 Å². The first-order chi connectivity index (χ1) is 23.1. The van der Waals surface area contributed by atoms with Crippen molar-refractivity contribution in [2.45, 2.75) is 75.1 Å². The molecule has 11 nitrogen and oxygen atoms in total. The van der Waals surface area contributed by atoms with Crippen LogP contribution in [-0.4, -0.2) is 86.9 Å². The van der Waals surface area contributed by atoms with Crippen molar-refractivity contribution in [2.75, 3.05) is 25.4 Å². The van der Waals surface area contributed by atoms with Gasteiger partial charge in [-0.1, -0.05) is 42.0 Å². The Kier molecular flexibility index (Phi) is 12.2. The zero-order valence-electron chi connectivity index (χ0n) is 26.5. The van der Waals surface area contributed by atoms with Crippen LogP contribution >= 0.6 is 11.8 Å². The van der Waals surface area contributed by atoms with Crippen LogP contribution in [0.2, 0.25) is 0 Å². The number of rotatable bonds is 16. The first kappa shape index (κ1) is 35.0. The van der Waals surface area contributed by atoms with Crippen molar-refractivity contribution >= 4 is 29.7 Å². The zero-order valence-corrected chi connectivity index (χ0v) is 27.3. The number of carbonyl (C=O) groups excluding carboxylic acids is 3. The van der Waals surface area contributed by atoms with E-state index in [1.54, 1.807) is 4.90 Å². The molecule has 0 radical (unpaired) electrons. The highest BCUT2D eigenvalue weighted by atomic mass is 32.2. The molecule has 3 unspecified atom stereocenters. The van der Waals surface area contributed by atoms with Crippen molar-refractivity contribution in [3.63, 3.8) is 0 Å². The van der Waals surface area contributed by atoms with Gasteiger partial charge in [-0.2, -0.15) is 16.4 Å². The van der Waals surface area contributed by atoms with E-state index in [2.05, 4.69) is 31.0 Å². The number of nitrogens with one attached hydrogen (secondary N) is 3. The van der Waals surface area contributed by atoms with E-state index >= 15 is 0 Å². The highest BCUT2D eigenvalue weighted by Crippen LogP contribution is 2.33. The number of carbonyl (C=O) groups is 3. The molecule has 15 heteroatoms. The van der Waals surface area contributed by atoms with Gasteiger partial charge in [0, 0.05) is 42.6 Å². The monoisotopic (exact) mass is 687 g/mol. The molecular formula is C33H40F3N7O4S. The number of halogens is 3. The lowest BCUT2D eigenvalue weighted by atomic mass is 10.0. The zero-order chi connectivity index (χ0) is 33.9. The molecule has 3 atom stereocenters. The molecule has 48 heavy (non-hydrogen) atoms. The molecule has 4 amide bonds. The minimum atomic E-state index is -4.79. The number of ether oxygens (including phenoxy) is 1. The van der Waals surface area contributed by atoms with E-state index in [0.717, 1.165) is 54.5 Å². The van der Waals surface area contributed by atoms with Crippen molar-refractivity contribution < 1.29 is 32.3 Å². The third kappa shape index (κ3) is 10.4. The van der Waals surface area contributed by atoms with Gasteiger partial charge in [-0.25, -0.2) is 9.59 Å². The molecule has 2 fully saturated rings. The Morgan fingerprint density at radius 1 is 1.00 bits per heavy atom. The summed E-state index contributed by atoms with van der Waals surface area (Å²) in [5.41, 5.74) is 1.92. The number of alkyl halides is 3. The van der Waals surface area contributed by atoms with Gasteiger partial charge in [0.2, 0.25) is 5.91 Å². The largest absolute Gasteiger partial charge is 0.573 e. The van der Waals surface area contributed by atoms with Crippen molar-refractivity contribution in [1.29, 1.82) is 0 Å². The maximum Gasteiger partial charge on any atom is 0.573 e. The van der Waals surface area contributed by atoms with E-state index in [1.165, 1.54) is 30.5 Å². The predicted molar refractivity (Wildman–Crippen MR) is 175 cm³/mol. The average molecular weight is 688 g/mol. The number of hydrogen-bond acceptors (Lipinski definition) is 7. The number of hydrogen-bond donors (Lipinski definition) is 3. The molecule has 0 spiro atoms. The van der Waals surface area contributed by atoms with Crippen molar-refractivity contribution in [3.05, 3.63) is 66.4 Å². The molecule has 1 aromatic heterocycles. The second kappa shape index (κ2) is 16.7. The number of benzene rings is 2. The number of fused-ring (bicyclic) bond motifs is 1. The molecule has 0 aliphatic carbocycles. The standard InChI is InChI=1S/C33H40F3N7O4S/c34-33(35,36)47-25-15-13-24(14-16-25)26-21-43(41-40-26)32(46)42(20-17-23-9-3-1-4-10-23)19-8-2-7-18-37-29(44)12-6-5-11-28-30-27(22-48-28)38-31(45)39-30/h1,3-4,9-10,13-16,21,27-28,30H,2,5-8,11-12,17-20,22H2,(H,37,44)(H2,38,39,45). The Hall–Kier alpha value is -4.27. The van der Waals surface area contributed by atoms with Crippen molar-refractivity contribution in [1.82, 2.24) is 35.8 Å². The van der Waals surface area contributed by atoms with Crippen LogP contribution in [0.3, 0.4) is 0 Å². The molecule has 2 aromatic carbocycles. The molecule has 3 N–H and O–H groups in total. The first-order valence-corrected chi connectivity index (χ1v) is 17.3. The minimum Gasteiger partial charge on any atom is -0.406 e. The van der Waals surface area contributed by atoms with Gasteiger partial charge in [0.15, 0.2) is 0 Å². The van der Waals surface area contributed by atoms with Gasteiger partial charge in [0.25, 0.3) is 0 Å². The van der Waals surface area contributed by atoms with Gasteiger partial charge >= 0.3 is 18.4 Å². The lowest BCUT2D eigenvalue weighted by molar-refractivity contribution is -0.274. The Balaban J connectivity index is 1.04. The fraction of sp³-hybridized carbons (Fsp3) is 0.485. The molecule has 0 saturated carbocycles. The van der Waals surface area contributed by atoms with Gasteiger partial charge < -0.3 is 25.6 Å². The van der Waals surface area contributed by atoms with E-state index in [9.17, 15) is 27.6 Å².